The molecule has 332 valence electrons. The number of alkyl carbamates (subject to hydrolysis) is 1. The van der Waals surface area contributed by atoms with E-state index in [1.54, 1.807) is 27.7 Å². The molecular formula is C46H57FN6O9. The molecule has 1 heterocycles. The van der Waals surface area contributed by atoms with Crippen molar-refractivity contribution in [2.45, 2.75) is 103 Å². The van der Waals surface area contributed by atoms with Gasteiger partial charge in [-0.3, -0.25) is 24.0 Å². The van der Waals surface area contributed by atoms with Crippen molar-refractivity contribution in [1.82, 2.24) is 31.5 Å². The summed E-state index contributed by atoms with van der Waals surface area (Å²) in [5, 5.41) is 13.2. The van der Waals surface area contributed by atoms with Gasteiger partial charge in [-0.1, -0.05) is 88.4 Å². The number of methoxy groups -OCH3 is 1. The van der Waals surface area contributed by atoms with Crippen LogP contribution in [0.15, 0.2) is 72.8 Å². The lowest BCUT2D eigenvalue weighted by atomic mass is 9.98. The monoisotopic (exact) mass is 856 g/mol. The molecule has 5 rings (SSSR count). The summed E-state index contributed by atoms with van der Waals surface area (Å²) in [5.74, 6) is -5.18. The van der Waals surface area contributed by atoms with Crippen LogP contribution in [0.5, 0.6) is 0 Å². The summed E-state index contributed by atoms with van der Waals surface area (Å²) in [4.78, 5) is 94.9. The number of fused-ring (bicyclic) bond motifs is 3. The summed E-state index contributed by atoms with van der Waals surface area (Å²) < 4.78 is 24.3. The quantitative estimate of drug-likeness (QED) is 0.126. The van der Waals surface area contributed by atoms with Gasteiger partial charge >= 0.3 is 12.1 Å². The number of nitrogens with one attached hydrogen (secondary N) is 5. The fourth-order valence-corrected chi connectivity index (χ4v) is 7.79. The number of likely N-dealkylation sites (tertiary alicyclic amines) is 1. The minimum Gasteiger partial charge on any atom is -0.467 e. The molecule has 3 aromatic rings. The van der Waals surface area contributed by atoms with E-state index in [9.17, 15) is 38.0 Å². The van der Waals surface area contributed by atoms with Gasteiger partial charge in [0.05, 0.1) is 7.11 Å². The molecule has 1 aliphatic heterocycles. The number of amides is 6. The Bertz CT molecular complexity index is 2080. The second kappa shape index (κ2) is 21.0. The number of carbonyl (C=O) groups is 7. The third-order valence-corrected chi connectivity index (χ3v) is 11.3. The van der Waals surface area contributed by atoms with E-state index in [0.29, 0.717) is 12.0 Å². The first kappa shape index (κ1) is 46.7. The van der Waals surface area contributed by atoms with E-state index in [-0.39, 0.29) is 37.8 Å². The lowest BCUT2D eigenvalue weighted by molar-refractivity contribution is -0.147. The van der Waals surface area contributed by atoms with Gasteiger partial charge in [0.25, 0.3) is 0 Å². The van der Waals surface area contributed by atoms with Gasteiger partial charge in [-0.2, -0.15) is 0 Å². The molecule has 2 aliphatic rings. The van der Waals surface area contributed by atoms with Crippen molar-refractivity contribution in [2.24, 2.45) is 11.8 Å². The molecule has 1 aliphatic carbocycles. The topological polar surface area (TPSA) is 201 Å². The van der Waals surface area contributed by atoms with Crippen LogP contribution in [-0.4, -0.2) is 103 Å². The summed E-state index contributed by atoms with van der Waals surface area (Å²) in [6, 6.07) is 14.7. The van der Waals surface area contributed by atoms with Gasteiger partial charge in [-0.05, 0) is 78.5 Å². The average Bonchev–Trinajstić information content (AvgIpc) is 3.87. The largest absolute Gasteiger partial charge is 0.467 e. The molecule has 16 heteroatoms. The Morgan fingerprint density at radius 1 is 0.694 bits per heavy atom. The van der Waals surface area contributed by atoms with Crippen LogP contribution in [0.1, 0.15) is 77.0 Å². The maximum atomic E-state index is 14.3. The standard InChI is InChI=1S/C46H57FN6O9/c1-25(2)38(43(57)52-39(26(3)4)45(59)61-7)51-42(56)37-17-12-22-53(37)44(58)36(23-29-18-20-30(47)21-19-29)50-41(55)27(5)48-40(54)28(6)49-46(60)62-24-35-33-15-10-8-13-31(33)32-14-9-11-16-34(32)35/h8-11,13-16,18-21,25-28,35-39H,12,17,22-24H2,1-7H3,(H,48,54)(H,49,60)(H,50,55)(H,51,56)(H,52,57)/t27-,28-,36-,37-,38-,39-/m0/s1. The molecule has 6 amide bonds. The summed E-state index contributed by atoms with van der Waals surface area (Å²) >= 11 is 0. The highest BCUT2D eigenvalue weighted by atomic mass is 19.1. The van der Waals surface area contributed by atoms with Gasteiger partial charge in [0.1, 0.15) is 48.7 Å². The highest BCUT2D eigenvalue weighted by Crippen LogP contribution is 2.44. The summed E-state index contributed by atoms with van der Waals surface area (Å²) in [7, 11) is 1.22. The van der Waals surface area contributed by atoms with Crippen LogP contribution in [-0.2, 0) is 44.7 Å². The summed E-state index contributed by atoms with van der Waals surface area (Å²) in [6.45, 7) is 10.0. The van der Waals surface area contributed by atoms with E-state index in [0.717, 1.165) is 22.3 Å². The van der Waals surface area contributed by atoms with Gasteiger partial charge < -0.3 is 41.0 Å². The maximum absolute atomic E-state index is 14.3. The molecule has 6 atom stereocenters. The molecule has 62 heavy (non-hydrogen) atoms. The Kier molecular flexibility index (Phi) is 15.8. The van der Waals surface area contributed by atoms with Crippen LogP contribution in [0.4, 0.5) is 9.18 Å². The van der Waals surface area contributed by atoms with Gasteiger partial charge in [0.15, 0.2) is 0 Å². The lowest BCUT2D eigenvalue weighted by Crippen LogP contribution is -2.60. The molecule has 0 unspecified atom stereocenters. The average molecular weight is 857 g/mol. The first-order valence-electron chi connectivity index (χ1n) is 21.0. The molecule has 0 radical (unpaired) electrons. The van der Waals surface area contributed by atoms with E-state index in [4.69, 9.17) is 9.47 Å². The Labute approximate surface area is 361 Å². The zero-order chi connectivity index (χ0) is 45.2. The molecule has 0 spiro atoms. The lowest BCUT2D eigenvalue weighted by Gasteiger charge is -2.31. The maximum Gasteiger partial charge on any atom is 0.407 e. The highest BCUT2D eigenvalue weighted by Gasteiger charge is 2.40. The van der Waals surface area contributed by atoms with Crippen molar-refractivity contribution in [3.8, 4) is 11.1 Å². The van der Waals surface area contributed by atoms with Gasteiger partial charge in [-0.25, -0.2) is 14.0 Å². The van der Waals surface area contributed by atoms with Crippen molar-refractivity contribution in [3.05, 3.63) is 95.3 Å². The Balaban J connectivity index is 1.21. The van der Waals surface area contributed by atoms with E-state index in [1.807, 2.05) is 48.5 Å². The highest BCUT2D eigenvalue weighted by molar-refractivity contribution is 5.97. The smallest absolute Gasteiger partial charge is 0.407 e. The van der Waals surface area contributed by atoms with Crippen molar-refractivity contribution in [3.63, 3.8) is 0 Å². The predicted octanol–water partition coefficient (Wildman–Crippen LogP) is 3.73. The van der Waals surface area contributed by atoms with E-state index >= 15 is 0 Å². The minimum absolute atomic E-state index is 0.0411. The zero-order valence-electron chi connectivity index (χ0n) is 36.2. The SMILES string of the molecule is COC(=O)[C@@H](NC(=O)[C@@H](NC(=O)[C@@H]1CCCN1C(=O)[C@H](Cc1ccc(F)cc1)NC(=O)[C@H](C)NC(=O)[C@H](C)NC(=O)OCC1c2ccccc2-c2ccccc21)C(C)C)C(C)C. The van der Waals surface area contributed by atoms with Crippen LogP contribution in [0.3, 0.4) is 0 Å². The van der Waals surface area contributed by atoms with Crippen LogP contribution in [0, 0.1) is 17.7 Å². The zero-order valence-corrected chi connectivity index (χ0v) is 36.2. The van der Waals surface area contributed by atoms with Crippen molar-refractivity contribution < 1.29 is 47.4 Å². The molecule has 15 nitrogen and oxygen atoms in total. The Morgan fingerprint density at radius 2 is 1.26 bits per heavy atom. The number of benzene rings is 3. The van der Waals surface area contributed by atoms with Crippen LogP contribution >= 0.6 is 0 Å². The normalized spacial score (nSPS) is 16.8. The number of hydrogen-bond donors (Lipinski definition) is 5. The molecule has 0 bridgehead atoms. The first-order valence-corrected chi connectivity index (χ1v) is 21.0. The number of esters is 1. The number of rotatable bonds is 17. The number of hydrogen-bond acceptors (Lipinski definition) is 9. The molecule has 5 N–H and O–H groups in total. The van der Waals surface area contributed by atoms with Crippen molar-refractivity contribution in [2.75, 3.05) is 20.3 Å². The third kappa shape index (κ3) is 11.3. The van der Waals surface area contributed by atoms with E-state index in [2.05, 4.69) is 26.6 Å². The van der Waals surface area contributed by atoms with Crippen molar-refractivity contribution >= 4 is 41.6 Å². The molecule has 0 aromatic heterocycles. The van der Waals surface area contributed by atoms with Crippen LogP contribution < -0.4 is 26.6 Å². The van der Waals surface area contributed by atoms with Gasteiger partial charge in [0, 0.05) is 18.9 Å². The third-order valence-electron chi connectivity index (χ3n) is 11.3. The molecule has 0 saturated carbocycles. The minimum atomic E-state index is -1.24. The second-order valence-electron chi connectivity index (χ2n) is 16.5. The first-order chi connectivity index (χ1) is 29.5. The summed E-state index contributed by atoms with van der Waals surface area (Å²) in [5.41, 5.74) is 4.72. The fraction of sp³-hybridized carbons (Fsp3) is 0.457. The molecule has 1 saturated heterocycles. The number of nitrogens with zero attached hydrogens (tertiary/aromatic N) is 1. The van der Waals surface area contributed by atoms with E-state index in [1.165, 1.54) is 50.1 Å². The van der Waals surface area contributed by atoms with E-state index < -0.39 is 89.6 Å². The Morgan fingerprint density at radius 3 is 1.84 bits per heavy atom. The summed E-state index contributed by atoms with van der Waals surface area (Å²) in [6.07, 6.45) is -0.156. The van der Waals surface area contributed by atoms with Crippen LogP contribution in [0.2, 0.25) is 0 Å². The molecule has 3 aromatic carbocycles. The predicted molar refractivity (Wildman–Crippen MR) is 228 cm³/mol. The molecular weight excluding hydrogens is 800 g/mol. The Hall–Kier alpha value is -6.32. The van der Waals surface area contributed by atoms with Crippen LogP contribution in [0.25, 0.3) is 11.1 Å². The van der Waals surface area contributed by atoms with Gasteiger partial charge in [-0.15, -0.1) is 0 Å². The van der Waals surface area contributed by atoms with Gasteiger partial charge in [0.2, 0.25) is 29.5 Å². The second-order valence-corrected chi connectivity index (χ2v) is 16.5. The fourth-order valence-electron chi connectivity index (χ4n) is 7.79. The molecule has 1 fully saturated rings. The number of ether oxygens (including phenoxy) is 2. The number of halogens is 1. The number of carbonyl (C=O) groups excluding carboxylic acids is 7. The van der Waals surface area contributed by atoms with Crippen molar-refractivity contribution in [1.29, 1.82) is 0 Å².